The predicted octanol–water partition coefficient (Wildman–Crippen LogP) is 2.20. The van der Waals surface area contributed by atoms with Crippen molar-refractivity contribution >= 4 is 21.6 Å². The molecule has 0 fully saturated rings. The number of hydrogen-bond donors (Lipinski definition) is 1. The number of carbonyl (C=O) groups excluding carboxylic acids is 1. The van der Waals surface area contributed by atoms with Crippen LogP contribution < -0.4 is 9.62 Å². The molecule has 1 N–H and O–H groups in total. The van der Waals surface area contributed by atoms with Gasteiger partial charge in [0.2, 0.25) is 0 Å². The maximum atomic E-state index is 12.7. The fourth-order valence-corrected chi connectivity index (χ4v) is 3.68. The van der Waals surface area contributed by atoms with E-state index in [1.165, 1.54) is 11.4 Å². The zero-order chi connectivity index (χ0) is 18.4. The molecule has 0 aliphatic heterocycles. The molecule has 0 aliphatic carbocycles. The lowest BCUT2D eigenvalue weighted by molar-refractivity contribution is 0.0937. The third kappa shape index (κ3) is 4.37. The molecule has 1 amide bonds. The van der Waals surface area contributed by atoms with Crippen molar-refractivity contribution in [1.82, 2.24) is 5.32 Å². The van der Waals surface area contributed by atoms with Crippen LogP contribution in [0.15, 0.2) is 53.4 Å². The average molecular weight is 362 g/mol. The fourth-order valence-electron chi connectivity index (χ4n) is 2.40. The fraction of sp³-hybridized carbons (Fsp3) is 0.278. The van der Waals surface area contributed by atoms with E-state index in [-0.39, 0.29) is 10.8 Å². The Kier molecular flexibility index (Phi) is 6.17. The highest BCUT2D eigenvalue weighted by Crippen LogP contribution is 2.26. The average Bonchev–Trinajstić information content (AvgIpc) is 2.62. The number of nitrogens with one attached hydrogen (secondary N) is 1. The Morgan fingerprint density at radius 2 is 1.84 bits per heavy atom. The summed E-state index contributed by atoms with van der Waals surface area (Å²) in [6.45, 7) is 2.62. The standard InChI is InChI=1S/C18H22N2O4S/c1-14-13-15(18(21)19-11-12-24-3)9-10-17(14)20(2)25(22,23)16-7-5-4-6-8-16/h4-10,13H,11-12H2,1-3H3,(H,19,21). The molecule has 0 atom stereocenters. The molecule has 0 unspecified atom stereocenters. The van der Waals surface area contributed by atoms with Crippen LogP contribution in [0.25, 0.3) is 0 Å². The van der Waals surface area contributed by atoms with Gasteiger partial charge in [-0.3, -0.25) is 9.10 Å². The lowest BCUT2D eigenvalue weighted by Gasteiger charge is -2.22. The van der Waals surface area contributed by atoms with Gasteiger partial charge in [-0.05, 0) is 42.8 Å². The number of methoxy groups -OCH3 is 1. The van der Waals surface area contributed by atoms with Crippen molar-refractivity contribution in [1.29, 1.82) is 0 Å². The van der Waals surface area contributed by atoms with Gasteiger partial charge in [0.25, 0.3) is 15.9 Å². The molecule has 0 saturated carbocycles. The minimum absolute atomic E-state index is 0.221. The lowest BCUT2D eigenvalue weighted by atomic mass is 10.1. The van der Waals surface area contributed by atoms with Crippen LogP contribution in [0.3, 0.4) is 0 Å². The summed E-state index contributed by atoms with van der Waals surface area (Å²) in [6, 6.07) is 13.2. The lowest BCUT2D eigenvalue weighted by Crippen LogP contribution is -2.28. The molecule has 2 aromatic carbocycles. The van der Waals surface area contributed by atoms with Gasteiger partial charge in [-0.25, -0.2) is 8.42 Å². The summed E-state index contributed by atoms with van der Waals surface area (Å²) < 4.78 is 31.5. The monoisotopic (exact) mass is 362 g/mol. The van der Waals surface area contributed by atoms with Crippen LogP contribution in [-0.2, 0) is 14.8 Å². The molecule has 0 bridgehead atoms. The first kappa shape index (κ1) is 19.0. The minimum Gasteiger partial charge on any atom is -0.383 e. The molecule has 134 valence electrons. The molecule has 7 heteroatoms. The summed E-state index contributed by atoms with van der Waals surface area (Å²) in [5, 5.41) is 2.74. The molecule has 0 heterocycles. The van der Waals surface area contributed by atoms with Crippen molar-refractivity contribution in [3.63, 3.8) is 0 Å². The molecule has 2 aromatic rings. The summed E-state index contributed by atoms with van der Waals surface area (Å²) in [6.07, 6.45) is 0. The first-order chi connectivity index (χ1) is 11.9. The van der Waals surface area contributed by atoms with E-state index in [9.17, 15) is 13.2 Å². The Hall–Kier alpha value is -2.38. The maximum Gasteiger partial charge on any atom is 0.264 e. The molecule has 25 heavy (non-hydrogen) atoms. The third-order valence-electron chi connectivity index (χ3n) is 3.79. The SMILES string of the molecule is COCCNC(=O)c1ccc(N(C)S(=O)(=O)c2ccccc2)c(C)c1. The van der Waals surface area contributed by atoms with Gasteiger partial charge in [-0.2, -0.15) is 0 Å². The van der Waals surface area contributed by atoms with Gasteiger partial charge in [0.1, 0.15) is 0 Å². The molecule has 0 radical (unpaired) electrons. The van der Waals surface area contributed by atoms with Gasteiger partial charge in [-0.1, -0.05) is 18.2 Å². The van der Waals surface area contributed by atoms with Crippen molar-refractivity contribution in [2.45, 2.75) is 11.8 Å². The summed E-state index contributed by atoms with van der Waals surface area (Å²) in [4.78, 5) is 12.3. The van der Waals surface area contributed by atoms with Crippen LogP contribution in [0.4, 0.5) is 5.69 Å². The van der Waals surface area contributed by atoms with Crippen LogP contribution in [-0.4, -0.2) is 41.6 Å². The molecule has 2 rings (SSSR count). The van der Waals surface area contributed by atoms with E-state index in [4.69, 9.17) is 4.74 Å². The Bertz CT molecular complexity index is 835. The van der Waals surface area contributed by atoms with E-state index in [2.05, 4.69) is 5.32 Å². The van der Waals surface area contributed by atoms with E-state index in [0.29, 0.717) is 30.0 Å². The topological polar surface area (TPSA) is 75.7 Å². The molecule has 0 aliphatic rings. The van der Waals surface area contributed by atoms with Gasteiger partial charge < -0.3 is 10.1 Å². The van der Waals surface area contributed by atoms with E-state index < -0.39 is 10.0 Å². The zero-order valence-electron chi connectivity index (χ0n) is 14.5. The number of aryl methyl sites for hydroxylation is 1. The molecule has 0 saturated heterocycles. The summed E-state index contributed by atoms with van der Waals surface area (Å²) in [5.41, 5.74) is 1.70. The van der Waals surface area contributed by atoms with E-state index in [1.54, 1.807) is 62.6 Å². The Morgan fingerprint density at radius 1 is 1.16 bits per heavy atom. The second-order valence-corrected chi connectivity index (χ2v) is 7.50. The van der Waals surface area contributed by atoms with Crippen LogP contribution in [0, 0.1) is 6.92 Å². The highest BCUT2D eigenvalue weighted by Gasteiger charge is 2.22. The molecule has 0 spiro atoms. The Labute approximate surface area is 148 Å². The van der Waals surface area contributed by atoms with Crippen LogP contribution >= 0.6 is 0 Å². The van der Waals surface area contributed by atoms with Crippen molar-refractivity contribution < 1.29 is 17.9 Å². The molecule has 6 nitrogen and oxygen atoms in total. The van der Waals surface area contributed by atoms with Gasteiger partial charge in [0.05, 0.1) is 17.2 Å². The van der Waals surface area contributed by atoms with Crippen LogP contribution in [0.5, 0.6) is 0 Å². The third-order valence-corrected chi connectivity index (χ3v) is 5.58. The highest BCUT2D eigenvalue weighted by molar-refractivity contribution is 7.92. The minimum atomic E-state index is -3.65. The molecular weight excluding hydrogens is 340 g/mol. The van der Waals surface area contributed by atoms with Gasteiger partial charge in [-0.15, -0.1) is 0 Å². The van der Waals surface area contributed by atoms with Crippen molar-refractivity contribution in [3.8, 4) is 0 Å². The summed E-state index contributed by atoms with van der Waals surface area (Å²) >= 11 is 0. The largest absolute Gasteiger partial charge is 0.383 e. The second-order valence-electron chi connectivity index (χ2n) is 5.54. The van der Waals surface area contributed by atoms with Crippen molar-refractivity contribution in [2.24, 2.45) is 0 Å². The maximum absolute atomic E-state index is 12.7. The number of carbonyl (C=O) groups is 1. The smallest absolute Gasteiger partial charge is 0.264 e. The summed E-state index contributed by atoms with van der Waals surface area (Å²) in [5.74, 6) is -0.222. The highest BCUT2D eigenvalue weighted by atomic mass is 32.2. The van der Waals surface area contributed by atoms with Crippen molar-refractivity contribution in [2.75, 3.05) is 31.6 Å². The number of rotatable bonds is 7. The normalized spacial score (nSPS) is 11.2. The van der Waals surface area contributed by atoms with Crippen LogP contribution in [0.2, 0.25) is 0 Å². The second kappa shape index (κ2) is 8.13. The number of sulfonamides is 1. The Balaban J connectivity index is 2.24. The van der Waals surface area contributed by atoms with Crippen molar-refractivity contribution in [3.05, 3.63) is 59.7 Å². The van der Waals surface area contributed by atoms with Gasteiger partial charge >= 0.3 is 0 Å². The van der Waals surface area contributed by atoms with Gasteiger partial charge in [0.15, 0.2) is 0 Å². The first-order valence-electron chi connectivity index (χ1n) is 7.79. The number of benzene rings is 2. The van der Waals surface area contributed by atoms with E-state index in [0.717, 1.165) is 0 Å². The number of ether oxygens (including phenoxy) is 1. The van der Waals surface area contributed by atoms with E-state index in [1.807, 2.05) is 0 Å². The molecular formula is C18H22N2O4S. The van der Waals surface area contributed by atoms with Gasteiger partial charge in [0, 0.05) is 26.3 Å². The molecule has 0 aromatic heterocycles. The number of hydrogen-bond acceptors (Lipinski definition) is 4. The number of anilines is 1. The Morgan fingerprint density at radius 3 is 2.44 bits per heavy atom. The predicted molar refractivity (Wildman–Crippen MR) is 97.4 cm³/mol. The first-order valence-corrected chi connectivity index (χ1v) is 9.23. The number of nitrogens with zero attached hydrogens (tertiary/aromatic N) is 1. The zero-order valence-corrected chi connectivity index (χ0v) is 15.3. The summed E-state index contributed by atoms with van der Waals surface area (Å²) in [7, 11) is -0.582. The number of amides is 1. The quantitative estimate of drug-likeness (QED) is 0.766. The van der Waals surface area contributed by atoms with E-state index >= 15 is 0 Å². The van der Waals surface area contributed by atoms with Crippen LogP contribution in [0.1, 0.15) is 15.9 Å².